The molecule has 3 N–H and O–H groups in total. The number of aryl methyl sites for hydroxylation is 2. The summed E-state index contributed by atoms with van der Waals surface area (Å²) in [6.07, 6.45) is 3.09. The Hall–Kier alpha value is -1.55. The largest absolute Gasteiger partial charge is 0.484 e. The zero-order chi connectivity index (χ0) is 15.0. The molecule has 1 amide bonds. The van der Waals surface area contributed by atoms with Gasteiger partial charge in [-0.25, -0.2) is 0 Å². The summed E-state index contributed by atoms with van der Waals surface area (Å²) in [5, 5.41) is 2.91. The molecule has 0 heterocycles. The Balaban J connectivity index is 2.40. The zero-order valence-electron chi connectivity index (χ0n) is 12.7. The molecule has 112 valence electrons. The summed E-state index contributed by atoms with van der Waals surface area (Å²) in [7, 11) is 0. The van der Waals surface area contributed by atoms with Gasteiger partial charge in [0.05, 0.1) is 0 Å². The first-order valence-corrected chi connectivity index (χ1v) is 7.26. The van der Waals surface area contributed by atoms with E-state index < -0.39 is 0 Å². The SMILES string of the molecule is CCCCC(CN)NC(=O)COc1ccc(C)c(C)c1. The van der Waals surface area contributed by atoms with E-state index in [4.69, 9.17) is 10.5 Å². The van der Waals surface area contributed by atoms with E-state index in [1.54, 1.807) is 0 Å². The molecule has 4 heteroatoms. The maximum absolute atomic E-state index is 11.8. The molecule has 1 atom stereocenters. The van der Waals surface area contributed by atoms with Crippen LogP contribution in [0.15, 0.2) is 18.2 Å². The van der Waals surface area contributed by atoms with Crippen LogP contribution in [0, 0.1) is 13.8 Å². The lowest BCUT2D eigenvalue weighted by Crippen LogP contribution is -2.42. The van der Waals surface area contributed by atoms with Crippen LogP contribution in [-0.2, 0) is 4.79 Å². The number of carbonyl (C=O) groups is 1. The highest BCUT2D eigenvalue weighted by Crippen LogP contribution is 2.16. The molecule has 0 radical (unpaired) electrons. The number of nitrogens with one attached hydrogen (secondary N) is 1. The second-order valence-corrected chi connectivity index (χ2v) is 5.18. The molecule has 1 rings (SSSR count). The van der Waals surface area contributed by atoms with Gasteiger partial charge in [-0.15, -0.1) is 0 Å². The Morgan fingerprint density at radius 1 is 1.35 bits per heavy atom. The van der Waals surface area contributed by atoms with E-state index in [0.717, 1.165) is 30.6 Å². The predicted molar refractivity (Wildman–Crippen MR) is 81.9 cm³/mol. The summed E-state index contributed by atoms with van der Waals surface area (Å²) in [6, 6.07) is 5.87. The van der Waals surface area contributed by atoms with Crippen molar-refractivity contribution >= 4 is 5.91 Å². The van der Waals surface area contributed by atoms with Gasteiger partial charge in [0.25, 0.3) is 5.91 Å². The first kappa shape index (κ1) is 16.5. The Labute approximate surface area is 121 Å². The number of rotatable bonds is 8. The monoisotopic (exact) mass is 278 g/mol. The average Bonchev–Trinajstić information content (AvgIpc) is 2.44. The lowest BCUT2D eigenvalue weighted by Gasteiger charge is -2.16. The van der Waals surface area contributed by atoms with Crippen molar-refractivity contribution in [2.24, 2.45) is 5.73 Å². The fraction of sp³-hybridized carbons (Fsp3) is 0.562. The molecule has 0 saturated carbocycles. The van der Waals surface area contributed by atoms with Gasteiger partial charge in [-0.3, -0.25) is 4.79 Å². The van der Waals surface area contributed by atoms with Crippen molar-refractivity contribution in [2.75, 3.05) is 13.2 Å². The summed E-state index contributed by atoms with van der Waals surface area (Å²) in [5.74, 6) is 0.607. The highest BCUT2D eigenvalue weighted by molar-refractivity contribution is 5.77. The number of benzene rings is 1. The van der Waals surface area contributed by atoms with Crippen LogP contribution in [0.4, 0.5) is 0 Å². The Morgan fingerprint density at radius 3 is 2.70 bits per heavy atom. The first-order chi connectivity index (χ1) is 9.56. The van der Waals surface area contributed by atoms with Crippen LogP contribution in [0.1, 0.15) is 37.3 Å². The fourth-order valence-corrected chi connectivity index (χ4v) is 1.92. The molecule has 1 unspecified atom stereocenters. The molecule has 1 aromatic carbocycles. The van der Waals surface area contributed by atoms with Gasteiger partial charge in [-0.05, 0) is 43.5 Å². The molecule has 0 aliphatic carbocycles. The second kappa shape index (κ2) is 8.59. The van der Waals surface area contributed by atoms with Crippen LogP contribution >= 0.6 is 0 Å². The van der Waals surface area contributed by atoms with Gasteiger partial charge in [-0.2, -0.15) is 0 Å². The molecule has 0 fully saturated rings. The van der Waals surface area contributed by atoms with E-state index in [0.29, 0.717) is 6.54 Å². The molecule has 0 bridgehead atoms. The topological polar surface area (TPSA) is 64.3 Å². The molecule has 20 heavy (non-hydrogen) atoms. The molecule has 0 aromatic heterocycles. The van der Waals surface area contributed by atoms with Crippen LogP contribution in [0.5, 0.6) is 5.75 Å². The van der Waals surface area contributed by atoms with Gasteiger partial charge < -0.3 is 15.8 Å². The highest BCUT2D eigenvalue weighted by Gasteiger charge is 2.10. The van der Waals surface area contributed by atoms with Crippen molar-refractivity contribution in [3.8, 4) is 5.75 Å². The number of nitrogens with two attached hydrogens (primary N) is 1. The predicted octanol–water partition coefficient (Wildman–Crippen LogP) is 2.32. The van der Waals surface area contributed by atoms with E-state index >= 15 is 0 Å². The minimum absolute atomic E-state index is 0.0329. The summed E-state index contributed by atoms with van der Waals surface area (Å²) in [5.41, 5.74) is 8.02. The maximum Gasteiger partial charge on any atom is 0.258 e. The number of hydrogen-bond acceptors (Lipinski definition) is 3. The summed E-state index contributed by atoms with van der Waals surface area (Å²) >= 11 is 0. The van der Waals surface area contributed by atoms with Crippen molar-refractivity contribution in [3.05, 3.63) is 29.3 Å². The van der Waals surface area contributed by atoms with Crippen LogP contribution in [0.2, 0.25) is 0 Å². The third-order valence-electron chi connectivity index (χ3n) is 3.40. The number of amides is 1. The highest BCUT2D eigenvalue weighted by atomic mass is 16.5. The lowest BCUT2D eigenvalue weighted by molar-refractivity contribution is -0.123. The van der Waals surface area contributed by atoms with Crippen LogP contribution in [0.3, 0.4) is 0 Å². The van der Waals surface area contributed by atoms with Gasteiger partial charge >= 0.3 is 0 Å². The summed E-state index contributed by atoms with van der Waals surface area (Å²) in [6.45, 7) is 6.70. The fourth-order valence-electron chi connectivity index (χ4n) is 1.92. The van der Waals surface area contributed by atoms with Gasteiger partial charge in [-0.1, -0.05) is 25.8 Å². The van der Waals surface area contributed by atoms with Crippen molar-refractivity contribution in [2.45, 2.75) is 46.1 Å². The third-order valence-corrected chi connectivity index (χ3v) is 3.40. The maximum atomic E-state index is 11.8. The lowest BCUT2D eigenvalue weighted by atomic mass is 10.1. The minimum Gasteiger partial charge on any atom is -0.484 e. The number of unbranched alkanes of at least 4 members (excludes halogenated alkanes) is 1. The van der Waals surface area contributed by atoms with E-state index in [9.17, 15) is 4.79 Å². The molecule has 0 aliphatic heterocycles. The molecule has 4 nitrogen and oxygen atoms in total. The van der Waals surface area contributed by atoms with Crippen molar-refractivity contribution in [1.29, 1.82) is 0 Å². The summed E-state index contributed by atoms with van der Waals surface area (Å²) < 4.78 is 5.50. The molecule has 0 saturated heterocycles. The van der Waals surface area contributed by atoms with E-state index in [-0.39, 0.29) is 18.6 Å². The molecular formula is C16H26N2O2. The smallest absolute Gasteiger partial charge is 0.258 e. The van der Waals surface area contributed by atoms with E-state index in [2.05, 4.69) is 12.2 Å². The zero-order valence-corrected chi connectivity index (χ0v) is 12.7. The Kier molecular flexibility index (Phi) is 7.09. The van der Waals surface area contributed by atoms with Gasteiger partial charge in [0.1, 0.15) is 5.75 Å². The number of carbonyl (C=O) groups excluding carboxylic acids is 1. The van der Waals surface area contributed by atoms with Crippen molar-refractivity contribution in [1.82, 2.24) is 5.32 Å². The molecule has 0 aliphatic rings. The molecule has 0 spiro atoms. The molecular weight excluding hydrogens is 252 g/mol. The first-order valence-electron chi connectivity index (χ1n) is 7.26. The molecule has 1 aromatic rings. The van der Waals surface area contributed by atoms with Gasteiger partial charge in [0.2, 0.25) is 0 Å². The quantitative estimate of drug-likeness (QED) is 0.767. The standard InChI is InChI=1S/C16H26N2O2/c1-4-5-6-14(10-17)18-16(19)11-20-15-8-7-12(2)13(3)9-15/h7-9,14H,4-6,10-11,17H2,1-3H3,(H,18,19). The normalized spacial score (nSPS) is 12.0. The second-order valence-electron chi connectivity index (χ2n) is 5.18. The van der Waals surface area contributed by atoms with Crippen molar-refractivity contribution in [3.63, 3.8) is 0 Å². The van der Waals surface area contributed by atoms with Gasteiger partial charge in [0, 0.05) is 12.6 Å². The van der Waals surface area contributed by atoms with E-state index in [1.807, 2.05) is 32.0 Å². The number of ether oxygens (including phenoxy) is 1. The Morgan fingerprint density at radius 2 is 2.10 bits per heavy atom. The minimum atomic E-state index is -0.116. The Bertz CT molecular complexity index is 432. The average molecular weight is 278 g/mol. The van der Waals surface area contributed by atoms with Crippen LogP contribution in [-0.4, -0.2) is 25.1 Å². The van der Waals surface area contributed by atoms with Crippen LogP contribution < -0.4 is 15.8 Å². The summed E-state index contributed by atoms with van der Waals surface area (Å²) in [4.78, 5) is 11.8. The van der Waals surface area contributed by atoms with E-state index in [1.165, 1.54) is 5.56 Å². The number of hydrogen-bond donors (Lipinski definition) is 2. The third kappa shape index (κ3) is 5.61. The van der Waals surface area contributed by atoms with Crippen molar-refractivity contribution < 1.29 is 9.53 Å². The van der Waals surface area contributed by atoms with Gasteiger partial charge in [0.15, 0.2) is 6.61 Å². The van der Waals surface area contributed by atoms with Crippen LogP contribution in [0.25, 0.3) is 0 Å².